The van der Waals surface area contributed by atoms with Crippen LogP contribution in [-0.2, 0) is 4.79 Å². The lowest BCUT2D eigenvalue weighted by Crippen LogP contribution is -2.28. The van der Waals surface area contributed by atoms with Crippen molar-refractivity contribution < 1.29 is 19.8 Å². The number of aliphatic hydroxyl groups excluding tert-OH is 1. The minimum absolute atomic E-state index is 0.0870. The van der Waals surface area contributed by atoms with Gasteiger partial charge in [-0.25, -0.2) is 4.79 Å². The number of carboxylic acid groups (broad SMARTS) is 1. The fraction of sp³-hybridized carbons (Fsp3) is 0.385. The summed E-state index contributed by atoms with van der Waals surface area (Å²) >= 11 is 1.31. The monoisotopic (exact) mass is 281 g/mol. The van der Waals surface area contributed by atoms with Crippen LogP contribution < -0.4 is 0 Å². The lowest BCUT2D eigenvalue weighted by Gasteiger charge is -2.15. The largest absolute Gasteiger partial charge is 0.478 e. The van der Waals surface area contributed by atoms with E-state index in [4.69, 9.17) is 10.2 Å². The Labute approximate surface area is 114 Å². The first kappa shape index (κ1) is 13.8. The first-order chi connectivity index (χ1) is 9.11. The third-order valence-electron chi connectivity index (χ3n) is 3.13. The van der Waals surface area contributed by atoms with Crippen LogP contribution in [0.15, 0.2) is 17.5 Å². The van der Waals surface area contributed by atoms with Crippen molar-refractivity contribution in [2.45, 2.75) is 6.42 Å². The summed E-state index contributed by atoms with van der Waals surface area (Å²) < 4.78 is 0. The molecule has 1 unspecified atom stereocenters. The number of hydrogen-bond acceptors (Lipinski definition) is 4. The highest BCUT2D eigenvalue weighted by atomic mass is 32.1. The first-order valence-corrected chi connectivity index (χ1v) is 6.88. The number of likely N-dealkylation sites (tertiary alicyclic amines) is 1. The Hall–Kier alpha value is -1.66. The predicted octanol–water partition coefficient (Wildman–Crippen LogP) is 1.30. The van der Waals surface area contributed by atoms with Gasteiger partial charge in [-0.15, -0.1) is 11.3 Å². The van der Waals surface area contributed by atoms with Crippen molar-refractivity contribution in [1.82, 2.24) is 4.90 Å². The van der Waals surface area contributed by atoms with Crippen molar-refractivity contribution >= 4 is 29.3 Å². The van der Waals surface area contributed by atoms with Gasteiger partial charge >= 0.3 is 5.97 Å². The van der Waals surface area contributed by atoms with Crippen LogP contribution in [0, 0.1) is 5.92 Å². The Balaban J connectivity index is 2.12. The van der Waals surface area contributed by atoms with Crippen molar-refractivity contribution in [3.8, 4) is 0 Å². The van der Waals surface area contributed by atoms with Crippen LogP contribution in [0.4, 0.5) is 0 Å². The maximum atomic E-state index is 12.3. The van der Waals surface area contributed by atoms with E-state index in [0.29, 0.717) is 23.5 Å². The van der Waals surface area contributed by atoms with Crippen LogP contribution in [0.3, 0.4) is 0 Å². The third-order valence-corrected chi connectivity index (χ3v) is 4.04. The molecule has 2 rings (SSSR count). The van der Waals surface area contributed by atoms with Crippen molar-refractivity contribution in [3.05, 3.63) is 28.0 Å². The minimum atomic E-state index is -1.04. The number of carbonyl (C=O) groups is 2. The lowest BCUT2D eigenvalue weighted by atomic mass is 10.1. The van der Waals surface area contributed by atoms with Gasteiger partial charge in [0.1, 0.15) is 0 Å². The van der Waals surface area contributed by atoms with E-state index in [1.165, 1.54) is 17.4 Å². The van der Waals surface area contributed by atoms with E-state index in [1.807, 2.05) is 0 Å². The summed E-state index contributed by atoms with van der Waals surface area (Å²) in [7, 11) is 0. The smallest absolute Gasteiger partial charge is 0.328 e. The number of amides is 1. The molecule has 2 heterocycles. The Bertz CT molecular complexity index is 508. The fourth-order valence-corrected chi connectivity index (χ4v) is 2.95. The minimum Gasteiger partial charge on any atom is -0.478 e. The quantitative estimate of drug-likeness (QED) is 0.815. The molecule has 1 aliphatic heterocycles. The topological polar surface area (TPSA) is 77.8 Å². The number of nitrogens with zero attached hydrogens (tertiary/aromatic N) is 1. The Morgan fingerprint density at radius 3 is 2.95 bits per heavy atom. The molecule has 0 bridgehead atoms. The van der Waals surface area contributed by atoms with Crippen LogP contribution in [0.25, 0.3) is 6.08 Å². The number of thiophene rings is 1. The van der Waals surface area contributed by atoms with Gasteiger partial charge in [0.25, 0.3) is 5.91 Å². The highest BCUT2D eigenvalue weighted by molar-refractivity contribution is 7.12. The lowest BCUT2D eigenvalue weighted by molar-refractivity contribution is -0.131. The number of rotatable bonds is 4. The van der Waals surface area contributed by atoms with Crippen LogP contribution in [0.5, 0.6) is 0 Å². The summed E-state index contributed by atoms with van der Waals surface area (Å²) in [6, 6.07) is 1.73. The van der Waals surface area contributed by atoms with Gasteiger partial charge in [0.05, 0.1) is 4.88 Å². The molecule has 2 N–H and O–H groups in total. The summed E-state index contributed by atoms with van der Waals surface area (Å²) in [5.74, 6) is -0.968. The first-order valence-electron chi connectivity index (χ1n) is 6.00. The number of hydrogen-bond donors (Lipinski definition) is 2. The molecule has 1 atom stereocenters. The molecule has 5 nitrogen and oxygen atoms in total. The normalized spacial score (nSPS) is 19.2. The van der Waals surface area contributed by atoms with Gasteiger partial charge in [0.15, 0.2) is 0 Å². The molecule has 102 valence electrons. The van der Waals surface area contributed by atoms with Gasteiger partial charge in [-0.2, -0.15) is 0 Å². The summed E-state index contributed by atoms with van der Waals surface area (Å²) in [5.41, 5.74) is 0.629. The maximum absolute atomic E-state index is 12.3. The number of aliphatic carboxylic acids is 1. The fourth-order valence-electron chi connectivity index (χ4n) is 2.10. The molecule has 1 aliphatic rings. The van der Waals surface area contributed by atoms with Gasteiger partial charge in [-0.1, -0.05) is 0 Å². The zero-order valence-corrected chi connectivity index (χ0v) is 11.1. The Morgan fingerprint density at radius 1 is 1.53 bits per heavy atom. The highest BCUT2D eigenvalue weighted by Gasteiger charge is 2.27. The summed E-state index contributed by atoms with van der Waals surface area (Å²) in [6.07, 6.45) is 3.28. The molecule has 0 aliphatic carbocycles. The van der Waals surface area contributed by atoms with E-state index in [2.05, 4.69) is 0 Å². The second-order valence-corrected chi connectivity index (χ2v) is 5.38. The van der Waals surface area contributed by atoms with E-state index in [0.717, 1.165) is 12.5 Å². The average Bonchev–Trinajstić information content (AvgIpc) is 3.04. The zero-order valence-electron chi connectivity index (χ0n) is 10.3. The van der Waals surface area contributed by atoms with Gasteiger partial charge in [0.2, 0.25) is 0 Å². The average molecular weight is 281 g/mol. The molecule has 0 aromatic carbocycles. The van der Waals surface area contributed by atoms with E-state index in [9.17, 15) is 9.59 Å². The molecule has 0 saturated carbocycles. The van der Waals surface area contributed by atoms with Gasteiger partial charge in [-0.3, -0.25) is 4.79 Å². The third kappa shape index (κ3) is 3.21. The molecule has 0 spiro atoms. The molecule has 1 aromatic rings. The van der Waals surface area contributed by atoms with E-state index in [-0.39, 0.29) is 18.4 Å². The van der Waals surface area contributed by atoms with Crippen LogP contribution in [0.2, 0.25) is 0 Å². The molecule has 1 fully saturated rings. The summed E-state index contributed by atoms with van der Waals surface area (Å²) in [5, 5.41) is 19.5. The van der Waals surface area contributed by atoms with Crippen LogP contribution in [0.1, 0.15) is 21.7 Å². The molecule has 0 radical (unpaired) electrons. The number of carboxylic acids is 1. The van der Waals surface area contributed by atoms with Crippen molar-refractivity contribution in [1.29, 1.82) is 0 Å². The number of aliphatic hydroxyl groups is 1. The maximum Gasteiger partial charge on any atom is 0.328 e. The highest BCUT2D eigenvalue weighted by Crippen LogP contribution is 2.24. The molecular formula is C13H15NO4S. The van der Waals surface area contributed by atoms with Crippen LogP contribution in [-0.4, -0.2) is 46.7 Å². The van der Waals surface area contributed by atoms with E-state index < -0.39 is 5.97 Å². The number of carbonyl (C=O) groups excluding carboxylic acids is 1. The van der Waals surface area contributed by atoms with E-state index in [1.54, 1.807) is 16.3 Å². The van der Waals surface area contributed by atoms with E-state index >= 15 is 0 Å². The van der Waals surface area contributed by atoms with Gasteiger partial charge < -0.3 is 15.1 Å². The molecule has 6 heteroatoms. The van der Waals surface area contributed by atoms with Gasteiger partial charge in [0, 0.05) is 31.7 Å². The molecule has 1 saturated heterocycles. The Morgan fingerprint density at radius 2 is 2.32 bits per heavy atom. The molecule has 1 amide bonds. The summed E-state index contributed by atoms with van der Waals surface area (Å²) in [6.45, 7) is 1.30. The van der Waals surface area contributed by atoms with Crippen molar-refractivity contribution in [2.24, 2.45) is 5.92 Å². The molecule has 19 heavy (non-hydrogen) atoms. The SMILES string of the molecule is O=C(O)/C=C/c1ccsc1C(=O)N1CCC(CO)C1. The molecular weight excluding hydrogens is 266 g/mol. The predicted molar refractivity (Wildman–Crippen MR) is 72.1 cm³/mol. The van der Waals surface area contributed by atoms with Crippen LogP contribution >= 0.6 is 11.3 Å². The van der Waals surface area contributed by atoms with Crippen molar-refractivity contribution in [2.75, 3.05) is 19.7 Å². The molecule has 1 aromatic heterocycles. The second kappa shape index (κ2) is 5.99. The standard InChI is InChI=1S/C13H15NO4S/c15-8-9-3-5-14(7-9)13(18)12-10(4-6-19-12)1-2-11(16)17/h1-2,4,6,9,15H,3,5,7-8H2,(H,16,17)/b2-1+. The summed E-state index contributed by atoms with van der Waals surface area (Å²) in [4.78, 5) is 25.1. The Kier molecular flexibility index (Phi) is 4.34. The zero-order chi connectivity index (χ0) is 13.8. The van der Waals surface area contributed by atoms with Crippen molar-refractivity contribution in [3.63, 3.8) is 0 Å². The second-order valence-electron chi connectivity index (χ2n) is 4.47. The van der Waals surface area contributed by atoms with Gasteiger partial charge in [-0.05, 0) is 29.5 Å².